The summed E-state index contributed by atoms with van der Waals surface area (Å²) in [6, 6.07) is 7.59. The van der Waals surface area contributed by atoms with Crippen molar-refractivity contribution in [2.24, 2.45) is 0 Å². The molecule has 0 radical (unpaired) electrons. The van der Waals surface area contributed by atoms with Crippen molar-refractivity contribution in [2.45, 2.75) is 43.6 Å². The molecule has 3 heteroatoms. The molecule has 0 spiro atoms. The summed E-state index contributed by atoms with van der Waals surface area (Å²) in [6.07, 6.45) is 4.57. The lowest BCUT2D eigenvalue weighted by molar-refractivity contribution is -0.0277. The first-order valence-corrected chi connectivity index (χ1v) is 7.43. The smallest absolute Gasteiger partial charge is 0.118 e. The highest BCUT2D eigenvalue weighted by molar-refractivity contribution is 5.31. The van der Waals surface area contributed by atoms with E-state index in [0.29, 0.717) is 19.4 Å². The molecule has 0 amide bonds. The number of aliphatic hydroxyl groups is 1. The van der Waals surface area contributed by atoms with Crippen LogP contribution in [0.2, 0.25) is 0 Å². The molecule has 20 heavy (non-hydrogen) atoms. The van der Waals surface area contributed by atoms with Crippen molar-refractivity contribution in [3.05, 3.63) is 29.8 Å². The maximum atomic E-state index is 11.2. The van der Waals surface area contributed by atoms with Gasteiger partial charge in [0.25, 0.3) is 0 Å². The monoisotopic (exact) mass is 278 g/mol. The molecule has 0 unspecified atom stereocenters. The van der Waals surface area contributed by atoms with Crippen LogP contribution in [-0.2, 0) is 0 Å². The van der Waals surface area contributed by atoms with Crippen LogP contribution in [0.5, 0.6) is 5.75 Å². The van der Waals surface area contributed by atoms with E-state index in [2.05, 4.69) is 0 Å². The Balaban J connectivity index is 2.39. The minimum absolute atomic E-state index is 0.510. The Bertz CT molecular complexity index is 454. The zero-order valence-corrected chi connectivity index (χ0v) is 12.9. The highest BCUT2D eigenvalue weighted by Crippen LogP contribution is 2.40. The third-order valence-electron chi connectivity index (χ3n) is 4.16. The van der Waals surface area contributed by atoms with Gasteiger partial charge in [0, 0.05) is 13.8 Å². The van der Waals surface area contributed by atoms with E-state index in [1.807, 2.05) is 43.3 Å². The van der Waals surface area contributed by atoms with Crippen molar-refractivity contribution in [3.8, 4) is 5.75 Å². The normalized spacial score (nSPS) is 22.1. The molecule has 0 aliphatic heterocycles. The van der Waals surface area contributed by atoms with Gasteiger partial charge in [-0.1, -0.05) is 31.4 Å². The quantitative estimate of drug-likeness (QED) is 0.898. The topological polar surface area (TPSA) is 32.7 Å². The molecule has 1 N–H and O–H groups in total. The summed E-state index contributed by atoms with van der Waals surface area (Å²) in [6.45, 7) is 0.510. The van der Waals surface area contributed by atoms with Gasteiger partial charge in [0.05, 0.1) is 12.7 Å². The van der Waals surface area contributed by atoms with E-state index in [1.165, 1.54) is 0 Å². The zero-order valence-electron chi connectivity index (χ0n) is 13.9. The summed E-state index contributed by atoms with van der Waals surface area (Å²) in [5, 5.41) is 11.2. The van der Waals surface area contributed by atoms with Gasteiger partial charge in [0.2, 0.25) is 0 Å². The van der Waals surface area contributed by atoms with Crippen molar-refractivity contribution in [1.29, 1.82) is 0 Å². The second-order valence-corrected chi connectivity index (χ2v) is 6.04. The molecule has 1 saturated carbocycles. The molecule has 112 valence electrons. The Hall–Kier alpha value is -1.06. The number of benzene rings is 1. The summed E-state index contributed by atoms with van der Waals surface area (Å²) in [7, 11) is 5.55. The number of rotatable bonds is 5. The third kappa shape index (κ3) is 3.53. The molecule has 0 saturated heterocycles. The van der Waals surface area contributed by atoms with Crippen LogP contribution in [0.15, 0.2) is 24.3 Å². The van der Waals surface area contributed by atoms with Crippen molar-refractivity contribution >= 4 is 0 Å². The number of likely N-dealkylation sites (N-methyl/N-ethyl adjacent to an activating group) is 1. The molecule has 1 aromatic rings. The van der Waals surface area contributed by atoms with E-state index in [-0.39, 0.29) is 0 Å². The van der Waals surface area contributed by atoms with Crippen LogP contribution < -0.4 is 4.74 Å². The minimum Gasteiger partial charge on any atom is -0.497 e. The molecular formula is C17H27NO2. The van der Waals surface area contributed by atoms with E-state index in [9.17, 15) is 5.11 Å². The van der Waals surface area contributed by atoms with E-state index < -0.39 is 11.5 Å². The molecule has 0 bridgehead atoms. The summed E-state index contributed by atoms with van der Waals surface area (Å²) >= 11 is 0. The Labute approximate surface area is 124 Å². The van der Waals surface area contributed by atoms with E-state index in [4.69, 9.17) is 6.11 Å². The first kappa shape index (κ1) is 13.9. The standard InChI is InChI=1S/C17H27NO2/c1-18(2)13-16(17(19)11-5-4-6-12-17)14-7-9-15(20-3)10-8-14/h7-10,16,19H,4-6,11-13H2,1-3H3/t16-/m1/s1/i16D. The molecule has 0 heterocycles. The molecule has 1 aliphatic rings. The number of methoxy groups -OCH3 is 1. The fourth-order valence-electron chi connectivity index (χ4n) is 3.05. The molecule has 1 aliphatic carbocycles. The molecule has 2 rings (SSSR count). The predicted octanol–water partition coefficient (Wildman–Crippen LogP) is 3.04. The lowest BCUT2D eigenvalue weighted by Crippen LogP contribution is -2.42. The average Bonchev–Trinajstić information content (AvgIpc) is 2.47. The first-order chi connectivity index (χ1) is 9.91. The Morgan fingerprint density at radius 1 is 1.25 bits per heavy atom. The van der Waals surface area contributed by atoms with Gasteiger partial charge in [0.1, 0.15) is 5.75 Å². The lowest BCUT2D eigenvalue weighted by Gasteiger charge is -2.40. The van der Waals surface area contributed by atoms with Gasteiger partial charge < -0.3 is 14.7 Å². The van der Waals surface area contributed by atoms with Gasteiger partial charge >= 0.3 is 0 Å². The minimum atomic E-state index is -1.01. The van der Waals surface area contributed by atoms with Crippen molar-refractivity contribution in [3.63, 3.8) is 0 Å². The van der Waals surface area contributed by atoms with Crippen molar-refractivity contribution in [2.75, 3.05) is 27.7 Å². The second-order valence-electron chi connectivity index (χ2n) is 6.04. The van der Waals surface area contributed by atoms with Crippen LogP contribution in [-0.4, -0.2) is 43.4 Å². The number of nitrogens with zero attached hydrogens (tertiary/aromatic N) is 1. The van der Waals surface area contributed by atoms with Crippen LogP contribution >= 0.6 is 0 Å². The van der Waals surface area contributed by atoms with Gasteiger partial charge in [-0.05, 0) is 44.6 Å². The fraction of sp³-hybridized carbons (Fsp3) is 0.647. The van der Waals surface area contributed by atoms with Crippen LogP contribution in [0, 0.1) is 0 Å². The largest absolute Gasteiger partial charge is 0.497 e. The first-order valence-electron chi connectivity index (χ1n) is 7.93. The summed E-state index contributed by atoms with van der Waals surface area (Å²) in [5.41, 5.74) is -0.0919. The van der Waals surface area contributed by atoms with Gasteiger partial charge in [-0.3, -0.25) is 0 Å². The Morgan fingerprint density at radius 3 is 2.35 bits per heavy atom. The van der Waals surface area contributed by atoms with Gasteiger partial charge in [0.15, 0.2) is 0 Å². The number of ether oxygens (including phenoxy) is 1. The highest BCUT2D eigenvalue weighted by atomic mass is 16.5. The Morgan fingerprint density at radius 2 is 1.85 bits per heavy atom. The highest BCUT2D eigenvalue weighted by Gasteiger charge is 2.38. The van der Waals surface area contributed by atoms with Gasteiger partial charge in [-0.2, -0.15) is 0 Å². The fourth-order valence-corrected chi connectivity index (χ4v) is 3.05. The van der Waals surface area contributed by atoms with Crippen LogP contribution in [0.25, 0.3) is 0 Å². The number of hydrogen-bond acceptors (Lipinski definition) is 3. The molecule has 1 aromatic carbocycles. The van der Waals surface area contributed by atoms with Crippen molar-refractivity contribution in [1.82, 2.24) is 4.90 Å². The van der Waals surface area contributed by atoms with E-state index >= 15 is 0 Å². The van der Waals surface area contributed by atoms with Crippen molar-refractivity contribution < 1.29 is 11.2 Å². The average molecular weight is 278 g/mol. The summed E-state index contributed by atoms with van der Waals surface area (Å²) in [4.78, 5) is 1.99. The maximum absolute atomic E-state index is 11.2. The van der Waals surface area contributed by atoms with Crippen LogP contribution in [0.1, 0.15) is 44.9 Å². The van der Waals surface area contributed by atoms with Crippen LogP contribution in [0.4, 0.5) is 0 Å². The molecule has 1 atom stereocenters. The molecule has 1 fully saturated rings. The lowest BCUT2D eigenvalue weighted by atomic mass is 9.72. The van der Waals surface area contributed by atoms with Gasteiger partial charge in [-0.25, -0.2) is 0 Å². The van der Waals surface area contributed by atoms with E-state index in [1.54, 1.807) is 7.11 Å². The maximum Gasteiger partial charge on any atom is 0.118 e. The summed E-state index contributed by atoms with van der Waals surface area (Å²) < 4.78 is 14.3. The molecule has 3 nitrogen and oxygen atoms in total. The van der Waals surface area contributed by atoms with E-state index in [0.717, 1.165) is 30.6 Å². The van der Waals surface area contributed by atoms with Gasteiger partial charge in [-0.15, -0.1) is 0 Å². The second kappa shape index (κ2) is 6.59. The number of hydrogen-bond donors (Lipinski definition) is 1. The molecule has 0 aromatic heterocycles. The Kier molecular flexibility index (Phi) is 4.58. The third-order valence-corrected chi connectivity index (χ3v) is 4.16. The predicted molar refractivity (Wildman–Crippen MR) is 82.3 cm³/mol. The van der Waals surface area contributed by atoms with Crippen LogP contribution in [0.3, 0.4) is 0 Å². The zero-order chi connectivity index (χ0) is 15.5. The SMILES string of the molecule is [2H][C@@](CN(C)C)(c1ccc(OC)cc1)C1(O)CCCCC1. The summed E-state index contributed by atoms with van der Waals surface area (Å²) in [5.74, 6) is -0.231. The molecular weight excluding hydrogens is 250 g/mol.